The number of rotatable bonds is 4. The summed E-state index contributed by atoms with van der Waals surface area (Å²) in [6.45, 7) is 2.15. The van der Waals surface area contributed by atoms with Crippen molar-refractivity contribution in [2.45, 2.75) is 37.5 Å². The Morgan fingerprint density at radius 2 is 1.64 bits per heavy atom. The molecule has 2 saturated heterocycles. The maximum atomic E-state index is 13.4. The first kappa shape index (κ1) is 28.1. The highest BCUT2D eigenvalue weighted by molar-refractivity contribution is 5.99. The number of likely N-dealkylation sites (N-methyl/N-ethyl adjacent to an activating group) is 1. The minimum Gasteiger partial charge on any atom is -0.475 e. The number of nitrogens with zero attached hydrogens (tertiary/aromatic N) is 5. The van der Waals surface area contributed by atoms with Crippen LogP contribution in [0.5, 0.6) is 0 Å². The summed E-state index contributed by atoms with van der Waals surface area (Å²) in [6.07, 6.45) is -0.401. The second-order valence-electron chi connectivity index (χ2n) is 9.76. The maximum Gasteiger partial charge on any atom is 0.490 e. The molecule has 0 spiro atoms. The maximum absolute atomic E-state index is 13.4. The molecule has 0 aliphatic carbocycles. The summed E-state index contributed by atoms with van der Waals surface area (Å²) in [5.41, 5.74) is 1.97. The molecule has 0 saturated carbocycles. The van der Waals surface area contributed by atoms with Gasteiger partial charge in [0.15, 0.2) is 5.69 Å². The molecule has 2 aliphatic rings. The van der Waals surface area contributed by atoms with E-state index in [4.69, 9.17) is 14.9 Å². The van der Waals surface area contributed by atoms with E-state index in [0.717, 1.165) is 43.7 Å². The molecule has 4 heterocycles. The number of likely N-dealkylation sites (tertiary alicyclic amines) is 2. The number of carboxylic acids is 1. The van der Waals surface area contributed by atoms with Crippen LogP contribution in [0.2, 0.25) is 0 Å². The van der Waals surface area contributed by atoms with Crippen LogP contribution in [0, 0.1) is 0 Å². The van der Waals surface area contributed by atoms with Crippen LogP contribution in [-0.2, 0) is 4.79 Å². The molecule has 1 aromatic carbocycles. The van der Waals surface area contributed by atoms with Crippen LogP contribution in [0.25, 0.3) is 5.52 Å². The Hall–Kier alpha value is -3.93. The van der Waals surface area contributed by atoms with Crippen LogP contribution in [-0.4, -0.2) is 92.9 Å². The lowest BCUT2D eigenvalue weighted by molar-refractivity contribution is -0.192. The summed E-state index contributed by atoms with van der Waals surface area (Å²) in [5, 5.41) is 7.12. The van der Waals surface area contributed by atoms with E-state index in [-0.39, 0.29) is 17.9 Å². The number of aliphatic carboxylic acids is 1. The third-order valence-corrected chi connectivity index (χ3v) is 7.03. The molecule has 39 heavy (non-hydrogen) atoms. The van der Waals surface area contributed by atoms with Gasteiger partial charge in [0.05, 0.1) is 11.6 Å². The lowest BCUT2D eigenvalue weighted by Gasteiger charge is -2.24. The van der Waals surface area contributed by atoms with Gasteiger partial charge in [-0.05, 0) is 57.6 Å². The fourth-order valence-electron chi connectivity index (χ4n) is 4.98. The van der Waals surface area contributed by atoms with Gasteiger partial charge in [-0.3, -0.25) is 9.59 Å². The van der Waals surface area contributed by atoms with Gasteiger partial charge in [-0.15, -0.1) is 0 Å². The fraction of sp³-hybridized carbons (Fsp3) is 0.407. The molecule has 1 N–H and O–H groups in total. The van der Waals surface area contributed by atoms with Crippen LogP contribution < -0.4 is 0 Å². The molecule has 9 nitrogen and oxygen atoms in total. The SMILES string of the molecule is CN(C)C1CCN(C(=O)c2nc(C3CCCN3C(=O)c3ccccc3)n3ccccc23)C1.O=C(O)C(F)(F)F. The molecule has 0 radical (unpaired) electrons. The topological polar surface area (TPSA) is 98.5 Å². The number of alkyl halides is 3. The Labute approximate surface area is 223 Å². The molecule has 3 aromatic rings. The normalized spacial score (nSPS) is 19.3. The number of benzene rings is 1. The molecular formula is C27H30F3N5O4. The van der Waals surface area contributed by atoms with Crippen molar-refractivity contribution in [3.63, 3.8) is 0 Å². The van der Waals surface area contributed by atoms with E-state index in [1.54, 1.807) is 0 Å². The van der Waals surface area contributed by atoms with E-state index in [0.29, 0.717) is 23.8 Å². The standard InChI is InChI=1S/C25H29N5O2.C2HF3O2/c1-27(2)19-13-16-28(17-19)25(32)22-20-11-6-7-14-29(20)23(26-22)21-12-8-15-30(21)24(31)18-9-4-3-5-10-18;3-2(4,5)1(6)7/h3-7,9-11,14,19,21H,8,12-13,15-17H2,1-2H3;(H,6,7). The van der Waals surface area contributed by atoms with E-state index in [9.17, 15) is 22.8 Å². The number of amides is 2. The summed E-state index contributed by atoms with van der Waals surface area (Å²) in [4.78, 5) is 46.4. The summed E-state index contributed by atoms with van der Waals surface area (Å²) >= 11 is 0. The van der Waals surface area contributed by atoms with Gasteiger partial charge in [0.2, 0.25) is 0 Å². The first-order valence-electron chi connectivity index (χ1n) is 12.6. The van der Waals surface area contributed by atoms with Crippen molar-refractivity contribution in [1.29, 1.82) is 0 Å². The Balaban J connectivity index is 0.000000448. The number of carbonyl (C=O) groups excluding carboxylic acids is 2. The van der Waals surface area contributed by atoms with E-state index >= 15 is 0 Å². The Morgan fingerprint density at radius 3 is 2.26 bits per heavy atom. The van der Waals surface area contributed by atoms with Crippen molar-refractivity contribution in [1.82, 2.24) is 24.1 Å². The minimum absolute atomic E-state index is 0.0158. The number of halogens is 3. The number of imidazole rings is 1. The molecule has 2 aliphatic heterocycles. The summed E-state index contributed by atoms with van der Waals surface area (Å²) in [5.74, 6) is -1.99. The van der Waals surface area contributed by atoms with Crippen LogP contribution >= 0.6 is 0 Å². The predicted octanol–water partition coefficient (Wildman–Crippen LogP) is 3.72. The largest absolute Gasteiger partial charge is 0.490 e. The minimum atomic E-state index is -5.08. The highest BCUT2D eigenvalue weighted by Crippen LogP contribution is 2.34. The summed E-state index contributed by atoms with van der Waals surface area (Å²) in [6, 6.07) is 15.4. The third-order valence-electron chi connectivity index (χ3n) is 7.03. The van der Waals surface area contributed by atoms with E-state index < -0.39 is 12.1 Å². The second kappa shape index (κ2) is 11.4. The molecule has 2 atom stereocenters. The van der Waals surface area contributed by atoms with Gasteiger partial charge in [-0.25, -0.2) is 9.78 Å². The van der Waals surface area contributed by atoms with Gasteiger partial charge in [0.1, 0.15) is 5.82 Å². The molecular weight excluding hydrogens is 515 g/mol. The van der Waals surface area contributed by atoms with Gasteiger partial charge >= 0.3 is 12.1 Å². The number of pyridine rings is 1. The van der Waals surface area contributed by atoms with Crippen LogP contribution in [0.4, 0.5) is 13.2 Å². The van der Waals surface area contributed by atoms with Gasteiger partial charge in [0, 0.05) is 37.4 Å². The van der Waals surface area contributed by atoms with Gasteiger partial charge in [-0.1, -0.05) is 24.3 Å². The smallest absolute Gasteiger partial charge is 0.475 e. The van der Waals surface area contributed by atoms with Crippen molar-refractivity contribution in [3.05, 3.63) is 71.8 Å². The highest BCUT2D eigenvalue weighted by atomic mass is 19.4. The van der Waals surface area contributed by atoms with Crippen molar-refractivity contribution in [2.24, 2.45) is 0 Å². The van der Waals surface area contributed by atoms with Gasteiger partial charge in [0.25, 0.3) is 11.8 Å². The quantitative estimate of drug-likeness (QED) is 0.537. The second-order valence-corrected chi connectivity index (χ2v) is 9.76. The number of aromatic nitrogens is 2. The van der Waals surface area contributed by atoms with Crippen molar-refractivity contribution in [3.8, 4) is 0 Å². The van der Waals surface area contributed by atoms with E-state index in [1.165, 1.54) is 0 Å². The van der Waals surface area contributed by atoms with Gasteiger partial charge in [-0.2, -0.15) is 13.2 Å². The highest BCUT2D eigenvalue weighted by Gasteiger charge is 2.38. The molecule has 12 heteroatoms. The monoisotopic (exact) mass is 545 g/mol. The summed E-state index contributed by atoms with van der Waals surface area (Å²) in [7, 11) is 4.11. The van der Waals surface area contributed by atoms with Crippen LogP contribution in [0.15, 0.2) is 54.7 Å². The number of fused-ring (bicyclic) bond motifs is 1. The first-order valence-corrected chi connectivity index (χ1v) is 12.6. The number of hydrogen-bond donors (Lipinski definition) is 1. The molecule has 0 bridgehead atoms. The van der Waals surface area contributed by atoms with Crippen LogP contribution in [0.3, 0.4) is 0 Å². The predicted molar refractivity (Wildman–Crippen MR) is 136 cm³/mol. The summed E-state index contributed by atoms with van der Waals surface area (Å²) < 4.78 is 33.7. The Kier molecular flexibility index (Phi) is 8.24. The molecule has 2 fully saturated rings. The Morgan fingerprint density at radius 1 is 0.974 bits per heavy atom. The Bertz CT molecular complexity index is 1340. The zero-order valence-corrected chi connectivity index (χ0v) is 21.6. The number of carbonyl (C=O) groups is 3. The van der Waals surface area contributed by atoms with Crippen molar-refractivity contribution < 1.29 is 32.7 Å². The van der Waals surface area contributed by atoms with E-state index in [1.807, 2.05) is 68.9 Å². The zero-order chi connectivity index (χ0) is 28.3. The average molecular weight is 546 g/mol. The first-order chi connectivity index (χ1) is 18.5. The molecule has 208 valence electrons. The zero-order valence-electron chi connectivity index (χ0n) is 21.6. The van der Waals surface area contributed by atoms with Crippen LogP contribution in [0.1, 0.15) is 52.0 Å². The van der Waals surface area contributed by atoms with Crippen molar-refractivity contribution >= 4 is 23.3 Å². The lowest BCUT2D eigenvalue weighted by atomic mass is 10.1. The average Bonchev–Trinajstić information content (AvgIpc) is 3.66. The van der Waals surface area contributed by atoms with E-state index in [2.05, 4.69) is 19.0 Å². The number of carboxylic acid groups (broad SMARTS) is 1. The lowest BCUT2D eigenvalue weighted by Crippen LogP contribution is -2.34. The van der Waals surface area contributed by atoms with Crippen molar-refractivity contribution in [2.75, 3.05) is 33.7 Å². The van der Waals surface area contributed by atoms with Gasteiger partial charge < -0.3 is 24.2 Å². The fourth-order valence-corrected chi connectivity index (χ4v) is 4.98. The number of hydrogen-bond acceptors (Lipinski definition) is 5. The third kappa shape index (κ3) is 6.06. The molecule has 5 rings (SSSR count). The molecule has 2 unspecified atom stereocenters. The molecule has 2 amide bonds. The molecule has 2 aromatic heterocycles.